The van der Waals surface area contributed by atoms with E-state index in [4.69, 9.17) is 9.84 Å². The van der Waals surface area contributed by atoms with Gasteiger partial charge in [0.25, 0.3) is 0 Å². The lowest BCUT2D eigenvalue weighted by atomic mass is 10.1. The molecule has 2 aromatic rings. The van der Waals surface area contributed by atoms with E-state index in [1.807, 2.05) is 0 Å². The molecular formula is C18H21N3O3S. The smallest absolute Gasteiger partial charge is 0.305 e. The van der Waals surface area contributed by atoms with E-state index in [0.29, 0.717) is 6.04 Å². The Balaban J connectivity index is 1.64. The van der Waals surface area contributed by atoms with Gasteiger partial charge in [0.2, 0.25) is 0 Å². The second kappa shape index (κ2) is 6.72. The number of nitrogens with zero attached hydrogens (tertiary/aromatic N) is 1. The molecule has 0 radical (unpaired) electrons. The molecule has 0 aliphatic carbocycles. The van der Waals surface area contributed by atoms with E-state index in [-0.39, 0.29) is 12.5 Å². The second-order valence-corrected chi connectivity index (χ2v) is 7.67. The van der Waals surface area contributed by atoms with Crippen LogP contribution in [-0.2, 0) is 9.53 Å². The maximum atomic E-state index is 10.9. The molecule has 0 amide bonds. The molecule has 6 nitrogen and oxygen atoms in total. The van der Waals surface area contributed by atoms with Gasteiger partial charge >= 0.3 is 5.97 Å². The van der Waals surface area contributed by atoms with Crippen LogP contribution in [0.5, 0.6) is 0 Å². The maximum Gasteiger partial charge on any atom is 0.305 e. The molecule has 2 aliphatic heterocycles. The quantitative estimate of drug-likeness (QED) is 0.764. The summed E-state index contributed by atoms with van der Waals surface area (Å²) in [5.41, 5.74) is 4.31. The number of nitrogens with one attached hydrogen (secondary N) is 2. The predicted molar refractivity (Wildman–Crippen MR) is 101 cm³/mol. The maximum absolute atomic E-state index is 10.9. The van der Waals surface area contributed by atoms with Crippen LogP contribution in [0.25, 0.3) is 10.9 Å². The summed E-state index contributed by atoms with van der Waals surface area (Å²) in [6.07, 6.45) is 1.10. The monoisotopic (exact) mass is 359 g/mol. The number of benzene rings is 1. The molecule has 25 heavy (non-hydrogen) atoms. The Morgan fingerprint density at radius 1 is 1.48 bits per heavy atom. The van der Waals surface area contributed by atoms with Gasteiger partial charge in [-0.15, -0.1) is 11.8 Å². The number of carboxylic acid groups (broad SMARTS) is 1. The number of anilines is 1. The van der Waals surface area contributed by atoms with Crippen molar-refractivity contribution >= 4 is 39.4 Å². The standard InChI is InChI=1S/C18H21N3O3S/c1-10-4-11-6-15(18-20-13(9-25-18)7-16(22)23)21-17(11)14(5-10)19-12-2-3-24-8-12/h4-6,12-13,19,21H,2-3,7-9H2,1H3,(H,22,23)/t12?,13-/m0/s1. The molecule has 4 rings (SSSR count). The van der Waals surface area contributed by atoms with Crippen LogP contribution in [0.15, 0.2) is 23.2 Å². The number of aromatic amines is 1. The number of aryl methyl sites for hydroxylation is 1. The van der Waals surface area contributed by atoms with Crippen molar-refractivity contribution in [2.24, 2.45) is 4.99 Å². The number of carbonyl (C=O) groups is 1. The van der Waals surface area contributed by atoms with E-state index in [9.17, 15) is 4.79 Å². The van der Waals surface area contributed by atoms with E-state index in [0.717, 1.165) is 52.7 Å². The summed E-state index contributed by atoms with van der Waals surface area (Å²) in [4.78, 5) is 18.9. The minimum absolute atomic E-state index is 0.0876. The van der Waals surface area contributed by atoms with Crippen LogP contribution in [0.2, 0.25) is 0 Å². The Hall–Kier alpha value is -1.99. The lowest BCUT2D eigenvalue weighted by Gasteiger charge is -2.14. The van der Waals surface area contributed by atoms with Crippen molar-refractivity contribution in [2.45, 2.75) is 31.8 Å². The summed E-state index contributed by atoms with van der Waals surface area (Å²) in [7, 11) is 0. The highest BCUT2D eigenvalue weighted by Crippen LogP contribution is 2.31. The van der Waals surface area contributed by atoms with Gasteiger partial charge < -0.3 is 20.1 Å². The van der Waals surface area contributed by atoms with Crippen LogP contribution in [0.4, 0.5) is 5.69 Å². The molecule has 1 aromatic carbocycles. The molecule has 2 atom stereocenters. The van der Waals surface area contributed by atoms with Crippen LogP contribution < -0.4 is 5.32 Å². The third-order valence-electron chi connectivity index (χ3n) is 4.51. The summed E-state index contributed by atoms with van der Waals surface area (Å²) in [5.74, 6) is -0.0753. The van der Waals surface area contributed by atoms with Crippen molar-refractivity contribution in [2.75, 3.05) is 24.3 Å². The molecule has 132 valence electrons. The highest BCUT2D eigenvalue weighted by atomic mass is 32.2. The van der Waals surface area contributed by atoms with Gasteiger partial charge in [0.15, 0.2) is 0 Å². The number of carboxylic acids is 1. The molecule has 3 N–H and O–H groups in total. The van der Waals surface area contributed by atoms with Crippen LogP contribution >= 0.6 is 11.8 Å². The van der Waals surface area contributed by atoms with Crippen molar-refractivity contribution < 1.29 is 14.6 Å². The van der Waals surface area contributed by atoms with E-state index in [1.165, 1.54) is 5.56 Å². The normalized spacial score (nSPS) is 23.2. The molecule has 1 unspecified atom stereocenters. The molecule has 7 heteroatoms. The predicted octanol–water partition coefficient (Wildman–Crippen LogP) is 3.01. The zero-order chi connectivity index (χ0) is 17.4. The first kappa shape index (κ1) is 16.5. The first-order valence-electron chi connectivity index (χ1n) is 8.49. The molecule has 3 heterocycles. The van der Waals surface area contributed by atoms with E-state index in [1.54, 1.807) is 11.8 Å². The number of H-pyrrole nitrogens is 1. The zero-order valence-corrected chi connectivity index (χ0v) is 14.9. The van der Waals surface area contributed by atoms with Gasteiger partial charge in [0, 0.05) is 17.7 Å². The van der Waals surface area contributed by atoms with Gasteiger partial charge in [-0.1, -0.05) is 0 Å². The van der Waals surface area contributed by atoms with Crippen molar-refractivity contribution in [1.82, 2.24) is 4.98 Å². The summed E-state index contributed by atoms with van der Waals surface area (Å²) in [5, 5.41) is 14.6. The highest BCUT2D eigenvalue weighted by Gasteiger charge is 2.23. The molecule has 2 aliphatic rings. The number of rotatable bonds is 5. The third-order valence-corrected chi connectivity index (χ3v) is 5.67. The molecule has 0 spiro atoms. The third kappa shape index (κ3) is 3.52. The second-order valence-electron chi connectivity index (χ2n) is 6.66. The van der Waals surface area contributed by atoms with Crippen molar-refractivity contribution in [3.8, 4) is 0 Å². The Bertz CT molecular complexity index is 839. The Kier molecular flexibility index (Phi) is 4.43. The van der Waals surface area contributed by atoms with Crippen LogP contribution in [0.1, 0.15) is 24.1 Å². The number of aliphatic carboxylic acids is 1. The van der Waals surface area contributed by atoms with E-state index in [2.05, 4.69) is 40.4 Å². The number of aromatic nitrogens is 1. The van der Waals surface area contributed by atoms with Crippen molar-refractivity contribution in [1.29, 1.82) is 0 Å². The molecule has 1 saturated heterocycles. The molecule has 1 fully saturated rings. The highest BCUT2D eigenvalue weighted by molar-refractivity contribution is 8.14. The number of ether oxygens (including phenoxy) is 1. The Morgan fingerprint density at radius 3 is 3.12 bits per heavy atom. The first-order valence-corrected chi connectivity index (χ1v) is 9.47. The molecule has 0 saturated carbocycles. The number of thioether (sulfide) groups is 1. The van der Waals surface area contributed by atoms with E-state index < -0.39 is 5.97 Å². The fraction of sp³-hybridized carbons (Fsp3) is 0.444. The van der Waals surface area contributed by atoms with Gasteiger partial charge in [-0.3, -0.25) is 9.79 Å². The molecule has 1 aromatic heterocycles. The average molecular weight is 359 g/mol. The number of fused-ring (bicyclic) bond motifs is 1. The van der Waals surface area contributed by atoms with Crippen LogP contribution in [0.3, 0.4) is 0 Å². The van der Waals surface area contributed by atoms with Gasteiger partial charge in [-0.05, 0) is 37.1 Å². The van der Waals surface area contributed by atoms with Crippen molar-refractivity contribution in [3.63, 3.8) is 0 Å². The lowest BCUT2D eigenvalue weighted by Crippen LogP contribution is -2.19. The fourth-order valence-corrected chi connectivity index (χ4v) is 4.39. The fourth-order valence-electron chi connectivity index (χ4n) is 3.36. The molecule has 0 bridgehead atoms. The zero-order valence-electron chi connectivity index (χ0n) is 14.0. The van der Waals surface area contributed by atoms with Gasteiger partial charge in [-0.2, -0.15) is 0 Å². The number of hydrogen-bond acceptors (Lipinski definition) is 5. The topological polar surface area (TPSA) is 86.7 Å². The minimum atomic E-state index is -0.798. The first-order chi connectivity index (χ1) is 12.1. The number of aliphatic imine (C=N–C) groups is 1. The summed E-state index contributed by atoms with van der Waals surface area (Å²) >= 11 is 1.62. The summed E-state index contributed by atoms with van der Waals surface area (Å²) < 4.78 is 5.46. The van der Waals surface area contributed by atoms with Gasteiger partial charge in [0.05, 0.1) is 42.0 Å². The Labute approximate surface area is 150 Å². The average Bonchev–Trinajstić information content (AvgIpc) is 3.26. The SMILES string of the molecule is Cc1cc(NC2CCOC2)c2[nH]c(C3=N[C@@H](CC(=O)O)CS3)cc2c1. The van der Waals surface area contributed by atoms with Gasteiger partial charge in [-0.25, -0.2) is 0 Å². The minimum Gasteiger partial charge on any atom is -0.481 e. The number of hydrogen-bond donors (Lipinski definition) is 3. The van der Waals surface area contributed by atoms with Crippen molar-refractivity contribution in [3.05, 3.63) is 29.5 Å². The molecular weight excluding hydrogens is 338 g/mol. The largest absolute Gasteiger partial charge is 0.481 e. The van der Waals surface area contributed by atoms with Crippen LogP contribution in [0, 0.1) is 6.92 Å². The summed E-state index contributed by atoms with van der Waals surface area (Å²) in [6, 6.07) is 6.61. The lowest BCUT2D eigenvalue weighted by molar-refractivity contribution is -0.137. The summed E-state index contributed by atoms with van der Waals surface area (Å²) in [6.45, 7) is 3.64. The van der Waals surface area contributed by atoms with E-state index >= 15 is 0 Å². The Morgan fingerprint density at radius 2 is 2.36 bits per heavy atom. The van der Waals surface area contributed by atoms with Crippen LogP contribution in [-0.4, -0.2) is 52.2 Å². The van der Waals surface area contributed by atoms with Gasteiger partial charge in [0.1, 0.15) is 5.04 Å².